The van der Waals surface area contributed by atoms with Gasteiger partial charge < -0.3 is 28.8 Å². The molecular weight excluding hydrogens is 450 g/mol. The van der Waals surface area contributed by atoms with Gasteiger partial charge >= 0.3 is 0 Å². The van der Waals surface area contributed by atoms with Crippen LogP contribution < -0.4 is 19.5 Å². The molecule has 0 aliphatic carbocycles. The van der Waals surface area contributed by atoms with Gasteiger partial charge in [0, 0.05) is 24.7 Å². The molecule has 35 heavy (non-hydrogen) atoms. The Labute approximate surface area is 203 Å². The summed E-state index contributed by atoms with van der Waals surface area (Å²) in [7, 11) is 4.76. The van der Waals surface area contributed by atoms with Crippen LogP contribution in [0.3, 0.4) is 0 Å². The number of imidazole rings is 1. The van der Waals surface area contributed by atoms with Gasteiger partial charge in [0.2, 0.25) is 5.75 Å². The van der Waals surface area contributed by atoms with Gasteiger partial charge in [-0.2, -0.15) is 5.10 Å². The lowest BCUT2D eigenvalue weighted by Gasteiger charge is -2.14. The van der Waals surface area contributed by atoms with E-state index in [9.17, 15) is 0 Å². The molecule has 0 spiro atoms. The topological polar surface area (TPSA) is 110 Å². The number of hydrogen-bond acceptors (Lipinski definition) is 9. The van der Waals surface area contributed by atoms with Crippen molar-refractivity contribution in [3.8, 4) is 22.9 Å². The largest absolute Gasteiger partial charge is 0.493 e. The van der Waals surface area contributed by atoms with Crippen molar-refractivity contribution in [3.63, 3.8) is 0 Å². The van der Waals surface area contributed by atoms with Crippen molar-refractivity contribution in [2.24, 2.45) is 0 Å². The molecular formula is C24H29N7O4. The SMILES string of the molecule is COc1cc(-n2cnc(Nc3nc(C(C)C)nc4c3cnn4C3CCOC3)c2)cc(OC)c1OC. The number of nitrogens with zero attached hydrogens (tertiary/aromatic N) is 6. The molecule has 1 saturated heterocycles. The number of nitrogens with one attached hydrogen (secondary N) is 1. The minimum atomic E-state index is 0.153. The summed E-state index contributed by atoms with van der Waals surface area (Å²) in [4.78, 5) is 14.1. The van der Waals surface area contributed by atoms with Crippen LogP contribution in [0.25, 0.3) is 16.7 Å². The van der Waals surface area contributed by atoms with Crippen molar-refractivity contribution >= 4 is 22.7 Å². The van der Waals surface area contributed by atoms with Crippen molar-refractivity contribution in [2.75, 3.05) is 39.9 Å². The summed E-state index contributed by atoms with van der Waals surface area (Å²) < 4.78 is 25.8. The van der Waals surface area contributed by atoms with E-state index in [1.165, 1.54) is 0 Å². The van der Waals surface area contributed by atoms with Crippen molar-refractivity contribution in [1.82, 2.24) is 29.3 Å². The molecule has 11 nitrogen and oxygen atoms in total. The zero-order chi connectivity index (χ0) is 24.5. The van der Waals surface area contributed by atoms with Gasteiger partial charge in [0.25, 0.3) is 0 Å². The number of fused-ring (bicyclic) bond motifs is 1. The molecule has 11 heteroatoms. The van der Waals surface area contributed by atoms with Gasteiger partial charge in [-0.05, 0) is 6.42 Å². The monoisotopic (exact) mass is 479 g/mol. The zero-order valence-corrected chi connectivity index (χ0v) is 20.5. The molecule has 184 valence electrons. The molecule has 1 N–H and O–H groups in total. The third kappa shape index (κ3) is 4.23. The van der Waals surface area contributed by atoms with E-state index in [0.29, 0.717) is 35.5 Å². The Morgan fingerprint density at radius 1 is 1.09 bits per heavy atom. The summed E-state index contributed by atoms with van der Waals surface area (Å²) in [5.41, 5.74) is 1.61. The first kappa shape index (κ1) is 22.9. The fourth-order valence-corrected chi connectivity index (χ4v) is 4.14. The Morgan fingerprint density at radius 3 is 2.49 bits per heavy atom. The Bertz CT molecular complexity index is 1320. The van der Waals surface area contributed by atoms with Gasteiger partial charge in [0.1, 0.15) is 23.8 Å². The maximum Gasteiger partial charge on any atom is 0.203 e. The smallest absolute Gasteiger partial charge is 0.203 e. The van der Waals surface area contributed by atoms with Crippen LogP contribution in [0.1, 0.15) is 38.1 Å². The van der Waals surface area contributed by atoms with Gasteiger partial charge in [0.05, 0.1) is 57.4 Å². The standard InChI is InChI=1S/C24H29N7O4/c1-14(2)22-28-23(17-10-26-31(24(17)29-22)15-6-7-35-12-15)27-20-11-30(13-25-20)16-8-18(32-3)21(34-5)19(9-16)33-4/h8-11,13-15H,6-7,12H2,1-5H3,(H,27,28,29). The summed E-state index contributed by atoms with van der Waals surface area (Å²) in [5, 5.41) is 8.81. The Morgan fingerprint density at radius 2 is 1.86 bits per heavy atom. The molecule has 4 aromatic rings. The normalized spacial score (nSPS) is 15.7. The number of benzene rings is 1. The Balaban J connectivity index is 1.51. The van der Waals surface area contributed by atoms with Crippen LogP contribution in [0.2, 0.25) is 0 Å². The van der Waals surface area contributed by atoms with Crippen molar-refractivity contribution in [2.45, 2.75) is 32.2 Å². The lowest BCUT2D eigenvalue weighted by Crippen LogP contribution is -2.12. The number of rotatable bonds is 8. The highest BCUT2D eigenvalue weighted by Crippen LogP contribution is 2.39. The maximum absolute atomic E-state index is 5.57. The predicted molar refractivity (Wildman–Crippen MR) is 130 cm³/mol. The third-order valence-corrected chi connectivity index (χ3v) is 6.02. The molecule has 1 aliphatic rings. The number of hydrogen-bond donors (Lipinski definition) is 1. The first-order valence-corrected chi connectivity index (χ1v) is 11.5. The predicted octanol–water partition coefficient (Wildman–Crippen LogP) is 3.87. The Kier molecular flexibility index (Phi) is 6.16. The lowest BCUT2D eigenvalue weighted by molar-refractivity contribution is 0.185. The summed E-state index contributed by atoms with van der Waals surface area (Å²) >= 11 is 0. The van der Waals surface area contributed by atoms with Gasteiger partial charge in [-0.1, -0.05) is 13.8 Å². The maximum atomic E-state index is 5.57. The quantitative estimate of drug-likeness (QED) is 0.403. The minimum absolute atomic E-state index is 0.153. The van der Waals surface area contributed by atoms with Gasteiger partial charge in [-0.15, -0.1) is 0 Å². The number of methoxy groups -OCH3 is 3. The molecule has 1 fully saturated rings. The highest BCUT2D eigenvalue weighted by atomic mass is 16.5. The number of aromatic nitrogens is 6. The van der Waals surface area contributed by atoms with Crippen molar-refractivity contribution in [1.29, 1.82) is 0 Å². The van der Waals surface area contributed by atoms with Crippen molar-refractivity contribution < 1.29 is 18.9 Å². The molecule has 1 aliphatic heterocycles. The molecule has 0 radical (unpaired) electrons. The summed E-state index contributed by atoms with van der Waals surface area (Å²) in [5.74, 6) is 3.85. The van der Waals surface area contributed by atoms with Gasteiger partial charge in [0.15, 0.2) is 17.1 Å². The van der Waals surface area contributed by atoms with E-state index < -0.39 is 0 Å². The van der Waals surface area contributed by atoms with Crippen LogP contribution in [-0.2, 0) is 4.74 Å². The fourth-order valence-electron chi connectivity index (χ4n) is 4.14. The van der Waals surface area contributed by atoms with Crippen LogP contribution in [0, 0.1) is 0 Å². The second-order valence-electron chi connectivity index (χ2n) is 8.60. The fraction of sp³-hybridized carbons (Fsp3) is 0.417. The molecule has 3 aromatic heterocycles. The lowest BCUT2D eigenvalue weighted by atomic mass is 10.2. The highest BCUT2D eigenvalue weighted by Gasteiger charge is 2.23. The highest BCUT2D eigenvalue weighted by molar-refractivity contribution is 5.88. The molecule has 0 saturated carbocycles. The average molecular weight is 480 g/mol. The Hall–Kier alpha value is -3.86. The third-order valence-electron chi connectivity index (χ3n) is 6.02. The summed E-state index contributed by atoms with van der Waals surface area (Å²) in [6.45, 7) is 5.52. The molecule has 5 rings (SSSR count). The second kappa shape index (κ2) is 9.41. The van der Waals surface area contributed by atoms with E-state index in [4.69, 9.17) is 28.9 Å². The molecule has 0 amide bonds. The van der Waals surface area contributed by atoms with Crippen LogP contribution in [-0.4, -0.2) is 63.8 Å². The molecule has 1 unspecified atom stereocenters. The van der Waals surface area contributed by atoms with Crippen LogP contribution in [0.15, 0.2) is 30.9 Å². The van der Waals surface area contributed by atoms with Crippen LogP contribution in [0.5, 0.6) is 17.2 Å². The second-order valence-corrected chi connectivity index (χ2v) is 8.60. The zero-order valence-electron chi connectivity index (χ0n) is 20.5. The van der Waals surface area contributed by atoms with E-state index in [2.05, 4.69) is 29.2 Å². The first-order valence-electron chi connectivity index (χ1n) is 11.5. The van der Waals surface area contributed by atoms with Gasteiger partial charge in [-0.25, -0.2) is 19.6 Å². The van der Waals surface area contributed by atoms with Crippen LogP contribution >= 0.6 is 0 Å². The summed E-state index contributed by atoms with van der Waals surface area (Å²) in [6, 6.07) is 3.90. The molecule has 4 heterocycles. The molecule has 1 atom stereocenters. The first-order chi connectivity index (χ1) is 17.0. The van der Waals surface area contributed by atoms with Gasteiger partial charge in [-0.3, -0.25) is 0 Å². The summed E-state index contributed by atoms with van der Waals surface area (Å²) in [6.07, 6.45) is 6.30. The average Bonchev–Trinajstić information content (AvgIpc) is 3.63. The molecule has 1 aromatic carbocycles. The van der Waals surface area contributed by atoms with Crippen molar-refractivity contribution in [3.05, 3.63) is 36.7 Å². The van der Waals surface area contributed by atoms with E-state index in [1.54, 1.807) is 33.9 Å². The molecule has 0 bridgehead atoms. The van der Waals surface area contributed by atoms with E-state index in [1.807, 2.05) is 27.6 Å². The minimum Gasteiger partial charge on any atom is -0.493 e. The van der Waals surface area contributed by atoms with Crippen LogP contribution in [0.4, 0.5) is 11.6 Å². The number of anilines is 2. The van der Waals surface area contributed by atoms with E-state index >= 15 is 0 Å². The van der Waals surface area contributed by atoms with E-state index in [0.717, 1.165) is 35.6 Å². The van der Waals surface area contributed by atoms with E-state index in [-0.39, 0.29) is 12.0 Å². The number of ether oxygens (including phenoxy) is 4.